The lowest BCUT2D eigenvalue weighted by molar-refractivity contribution is 0.0977. The summed E-state index contributed by atoms with van der Waals surface area (Å²) >= 11 is 3.39. The van der Waals surface area contributed by atoms with Crippen molar-refractivity contribution in [3.05, 3.63) is 45.6 Å². The number of hydrogen-bond acceptors (Lipinski definition) is 5. The fourth-order valence-electron chi connectivity index (χ4n) is 2.67. The summed E-state index contributed by atoms with van der Waals surface area (Å²) in [7, 11) is -2.40. The summed E-state index contributed by atoms with van der Waals surface area (Å²) in [6, 6.07) is 1.86. The lowest BCUT2D eigenvalue weighted by Crippen LogP contribution is -2.31. The van der Waals surface area contributed by atoms with Gasteiger partial charge in [-0.15, -0.1) is 0 Å². The van der Waals surface area contributed by atoms with Crippen LogP contribution in [-0.2, 0) is 17.1 Å². The fourth-order valence-corrected chi connectivity index (χ4v) is 4.72. The monoisotopic (exact) mass is 425 g/mol. The summed E-state index contributed by atoms with van der Waals surface area (Å²) in [4.78, 5) is 16.6. The van der Waals surface area contributed by atoms with Crippen molar-refractivity contribution in [3.8, 4) is 0 Å². The molecule has 0 saturated heterocycles. The first-order valence-electron chi connectivity index (χ1n) is 7.32. The van der Waals surface area contributed by atoms with E-state index in [1.54, 1.807) is 31.5 Å². The molecular formula is C15H16BrN5O3S. The summed E-state index contributed by atoms with van der Waals surface area (Å²) in [5, 5.41) is 4.07. The van der Waals surface area contributed by atoms with Crippen molar-refractivity contribution in [2.45, 2.75) is 25.7 Å². The number of sulfonamides is 1. The second-order valence-corrected chi connectivity index (χ2v) is 8.25. The standard InChI is InChI=1S/C15H16BrN5O3S/c1-8-5-11(16)14-17-12(7-21(14)6-8)15(22)19-25(23,24)13-9(2)18-20(4)10(13)3/h5-7H,1-4H3,(H,19,22). The Kier molecular flexibility index (Phi) is 4.20. The topological polar surface area (TPSA) is 98.4 Å². The van der Waals surface area contributed by atoms with Gasteiger partial charge >= 0.3 is 0 Å². The number of rotatable bonds is 3. The van der Waals surface area contributed by atoms with Crippen LogP contribution in [0.25, 0.3) is 5.65 Å². The van der Waals surface area contributed by atoms with E-state index in [1.807, 2.05) is 13.0 Å². The van der Waals surface area contributed by atoms with Gasteiger partial charge in [0.15, 0.2) is 5.65 Å². The first kappa shape index (κ1) is 17.6. The molecule has 25 heavy (non-hydrogen) atoms. The largest absolute Gasteiger partial charge is 0.305 e. The summed E-state index contributed by atoms with van der Waals surface area (Å²) in [5.74, 6) is -0.795. The number of nitrogens with zero attached hydrogens (tertiary/aromatic N) is 4. The summed E-state index contributed by atoms with van der Waals surface area (Å²) in [6.45, 7) is 5.11. The van der Waals surface area contributed by atoms with Gasteiger partial charge in [0.25, 0.3) is 15.9 Å². The Morgan fingerprint density at radius 3 is 2.52 bits per heavy atom. The van der Waals surface area contributed by atoms with E-state index >= 15 is 0 Å². The number of nitrogens with one attached hydrogen (secondary N) is 1. The SMILES string of the molecule is Cc1cc(Br)c2nc(C(=O)NS(=O)(=O)c3c(C)nn(C)c3C)cn2c1. The molecule has 0 aliphatic heterocycles. The van der Waals surface area contributed by atoms with Crippen LogP contribution in [0.3, 0.4) is 0 Å². The van der Waals surface area contributed by atoms with Crippen LogP contribution in [0.4, 0.5) is 0 Å². The maximum Gasteiger partial charge on any atom is 0.285 e. The van der Waals surface area contributed by atoms with E-state index in [9.17, 15) is 13.2 Å². The molecule has 8 nitrogen and oxygen atoms in total. The van der Waals surface area contributed by atoms with Crippen molar-refractivity contribution in [1.82, 2.24) is 23.9 Å². The lowest BCUT2D eigenvalue weighted by Gasteiger charge is -2.05. The summed E-state index contributed by atoms with van der Waals surface area (Å²) < 4.78 is 31.1. The van der Waals surface area contributed by atoms with Crippen LogP contribution >= 0.6 is 15.9 Å². The number of carbonyl (C=O) groups is 1. The molecule has 10 heteroatoms. The third kappa shape index (κ3) is 3.07. The number of amides is 1. The van der Waals surface area contributed by atoms with E-state index in [2.05, 4.69) is 30.7 Å². The minimum atomic E-state index is -4.05. The zero-order valence-corrected chi connectivity index (χ0v) is 16.4. The maximum absolute atomic E-state index is 12.6. The molecule has 3 aromatic heterocycles. The number of pyridine rings is 1. The first-order chi connectivity index (χ1) is 11.6. The third-order valence-corrected chi connectivity index (χ3v) is 5.98. The number of aromatic nitrogens is 4. The van der Waals surface area contributed by atoms with E-state index in [4.69, 9.17) is 0 Å². The molecule has 0 atom stereocenters. The van der Waals surface area contributed by atoms with E-state index < -0.39 is 15.9 Å². The summed E-state index contributed by atoms with van der Waals surface area (Å²) in [5.41, 5.74) is 2.29. The van der Waals surface area contributed by atoms with Crippen LogP contribution in [-0.4, -0.2) is 33.5 Å². The van der Waals surface area contributed by atoms with Gasteiger partial charge in [0.2, 0.25) is 0 Å². The molecule has 0 aliphatic rings. The molecule has 1 N–H and O–H groups in total. The molecule has 0 unspecified atom stereocenters. The van der Waals surface area contributed by atoms with Gasteiger partial charge in [-0.25, -0.2) is 18.1 Å². The van der Waals surface area contributed by atoms with Crippen LogP contribution in [0.2, 0.25) is 0 Å². The van der Waals surface area contributed by atoms with E-state index in [0.717, 1.165) is 5.56 Å². The Balaban J connectivity index is 1.98. The molecule has 3 aromatic rings. The minimum absolute atomic E-state index is 0.00383. The Hall–Kier alpha value is -2.20. The van der Waals surface area contributed by atoms with Crippen molar-refractivity contribution < 1.29 is 13.2 Å². The molecule has 0 aliphatic carbocycles. The average Bonchev–Trinajstić information content (AvgIpc) is 3.00. The number of hydrogen-bond donors (Lipinski definition) is 1. The van der Waals surface area contributed by atoms with Crippen LogP contribution in [0.5, 0.6) is 0 Å². The zero-order valence-electron chi connectivity index (χ0n) is 14.0. The number of halogens is 1. The first-order valence-corrected chi connectivity index (χ1v) is 9.60. The smallest absolute Gasteiger partial charge is 0.285 e. The molecule has 0 fully saturated rings. The Morgan fingerprint density at radius 2 is 1.92 bits per heavy atom. The molecule has 0 aromatic carbocycles. The highest BCUT2D eigenvalue weighted by Crippen LogP contribution is 2.21. The van der Waals surface area contributed by atoms with Crippen molar-refractivity contribution in [2.75, 3.05) is 0 Å². The predicted octanol–water partition coefficient (Wildman–Crippen LogP) is 1.87. The molecular weight excluding hydrogens is 410 g/mol. The van der Waals surface area contributed by atoms with Crippen LogP contribution in [0.1, 0.15) is 27.4 Å². The normalized spacial score (nSPS) is 11.9. The van der Waals surface area contributed by atoms with Gasteiger partial charge in [0, 0.05) is 19.4 Å². The molecule has 1 amide bonds. The maximum atomic E-state index is 12.6. The Morgan fingerprint density at radius 1 is 1.24 bits per heavy atom. The van der Waals surface area contributed by atoms with E-state index in [0.29, 0.717) is 21.5 Å². The average molecular weight is 426 g/mol. The molecule has 0 saturated carbocycles. The number of imidazole rings is 1. The predicted molar refractivity (Wildman–Crippen MR) is 95.0 cm³/mol. The molecule has 3 rings (SSSR count). The van der Waals surface area contributed by atoms with Crippen molar-refractivity contribution in [1.29, 1.82) is 0 Å². The van der Waals surface area contributed by atoms with Crippen LogP contribution < -0.4 is 4.72 Å². The van der Waals surface area contributed by atoms with Crippen LogP contribution in [0, 0.1) is 20.8 Å². The second-order valence-electron chi connectivity index (χ2n) is 5.78. The second kappa shape index (κ2) is 5.95. The van der Waals surface area contributed by atoms with Crippen molar-refractivity contribution in [2.24, 2.45) is 7.05 Å². The van der Waals surface area contributed by atoms with Gasteiger partial charge in [0.1, 0.15) is 10.6 Å². The van der Waals surface area contributed by atoms with Crippen molar-refractivity contribution >= 4 is 37.5 Å². The number of carbonyl (C=O) groups excluding carboxylic acids is 1. The highest BCUT2D eigenvalue weighted by Gasteiger charge is 2.27. The van der Waals surface area contributed by atoms with Gasteiger partial charge in [-0.3, -0.25) is 9.48 Å². The number of aryl methyl sites for hydroxylation is 3. The van der Waals surface area contributed by atoms with Gasteiger partial charge in [-0.2, -0.15) is 5.10 Å². The Bertz CT molecular complexity index is 1110. The molecule has 3 heterocycles. The van der Waals surface area contributed by atoms with Gasteiger partial charge < -0.3 is 4.40 Å². The number of fused-ring (bicyclic) bond motifs is 1. The third-order valence-electron chi connectivity index (χ3n) is 3.81. The highest BCUT2D eigenvalue weighted by atomic mass is 79.9. The van der Waals surface area contributed by atoms with Gasteiger partial charge in [-0.05, 0) is 48.3 Å². The van der Waals surface area contributed by atoms with E-state index in [-0.39, 0.29) is 10.6 Å². The van der Waals surface area contributed by atoms with Crippen LogP contribution in [0.15, 0.2) is 27.8 Å². The van der Waals surface area contributed by atoms with Gasteiger partial charge in [-0.1, -0.05) is 0 Å². The highest BCUT2D eigenvalue weighted by molar-refractivity contribution is 9.10. The van der Waals surface area contributed by atoms with Crippen molar-refractivity contribution in [3.63, 3.8) is 0 Å². The molecule has 0 radical (unpaired) electrons. The lowest BCUT2D eigenvalue weighted by atomic mass is 10.3. The molecule has 132 valence electrons. The molecule has 0 bridgehead atoms. The van der Waals surface area contributed by atoms with Gasteiger partial charge in [0.05, 0.1) is 15.9 Å². The summed E-state index contributed by atoms with van der Waals surface area (Å²) in [6.07, 6.45) is 3.29. The van der Waals surface area contributed by atoms with E-state index in [1.165, 1.54) is 10.9 Å². The molecule has 0 spiro atoms. The fraction of sp³-hybridized carbons (Fsp3) is 0.267. The quantitative estimate of drug-likeness (QED) is 0.690. The minimum Gasteiger partial charge on any atom is -0.305 e. The Labute approximate surface area is 153 Å². The zero-order chi connectivity index (χ0) is 18.5.